The maximum absolute atomic E-state index is 12.3. The Morgan fingerprint density at radius 3 is 2.47 bits per heavy atom. The Bertz CT molecular complexity index is 955. The number of thiazole rings is 1. The molecule has 0 radical (unpaired) electrons. The summed E-state index contributed by atoms with van der Waals surface area (Å²) < 4.78 is 5.43. The molecule has 0 atom stereocenters. The van der Waals surface area contributed by atoms with Gasteiger partial charge in [-0.2, -0.15) is 0 Å². The number of nitrogens with one attached hydrogen (secondary N) is 2. The molecule has 30 heavy (non-hydrogen) atoms. The summed E-state index contributed by atoms with van der Waals surface area (Å²) in [5.74, 6) is 0. The molecule has 1 aromatic heterocycles. The van der Waals surface area contributed by atoms with Gasteiger partial charge in [0, 0.05) is 37.1 Å². The highest BCUT2D eigenvalue weighted by Crippen LogP contribution is 2.21. The summed E-state index contributed by atoms with van der Waals surface area (Å²) >= 11 is 1.55. The molecule has 156 valence electrons. The van der Waals surface area contributed by atoms with E-state index in [1.807, 2.05) is 47.8 Å². The number of urea groups is 1. The van der Waals surface area contributed by atoms with Crippen molar-refractivity contribution in [2.24, 2.45) is 0 Å². The Morgan fingerprint density at radius 2 is 1.67 bits per heavy atom. The molecule has 7 heteroatoms. The van der Waals surface area contributed by atoms with Crippen LogP contribution in [0.15, 0.2) is 60.0 Å². The van der Waals surface area contributed by atoms with Gasteiger partial charge in [-0.25, -0.2) is 9.78 Å². The van der Waals surface area contributed by atoms with Gasteiger partial charge in [0.05, 0.1) is 25.5 Å². The van der Waals surface area contributed by atoms with E-state index in [1.165, 1.54) is 5.56 Å². The number of hydrogen-bond acceptors (Lipinski definition) is 5. The number of ether oxygens (including phenoxy) is 1. The van der Waals surface area contributed by atoms with Gasteiger partial charge in [0.1, 0.15) is 5.01 Å². The summed E-state index contributed by atoms with van der Waals surface area (Å²) in [6.45, 7) is 5.25. The average Bonchev–Trinajstić information content (AvgIpc) is 3.28. The van der Waals surface area contributed by atoms with Gasteiger partial charge in [-0.05, 0) is 11.1 Å². The van der Waals surface area contributed by atoms with Crippen molar-refractivity contribution in [1.82, 2.24) is 20.5 Å². The van der Waals surface area contributed by atoms with Crippen molar-refractivity contribution in [1.29, 1.82) is 0 Å². The van der Waals surface area contributed by atoms with E-state index in [1.54, 1.807) is 11.3 Å². The van der Waals surface area contributed by atoms with E-state index in [2.05, 4.69) is 32.7 Å². The molecule has 2 heterocycles. The van der Waals surface area contributed by atoms with Crippen molar-refractivity contribution < 1.29 is 9.53 Å². The van der Waals surface area contributed by atoms with Crippen LogP contribution in [0.25, 0.3) is 11.3 Å². The number of hydrogen-bond donors (Lipinski definition) is 2. The largest absolute Gasteiger partial charge is 0.379 e. The molecule has 4 rings (SSSR count). The Morgan fingerprint density at radius 1 is 0.967 bits per heavy atom. The molecule has 1 aliphatic rings. The van der Waals surface area contributed by atoms with E-state index < -0.39 is 0 Å². The third-order valence-electron chi connectivity index (χ3n) is 5.08. The standard InChI is InChI=1S/C23H26N4O2S/c28-23(25-15-22-26-21(17-30-22)18-6-2-1-3-7-18)24-14-19-8-4-5-9-20(19)16-27-10-12-29-13-11-27/h1-9,17H,10-16H2,(H2,24,25,28). The zero-order chi connectivity index (χ0) is 20.6. The normalized spacial score (nSPS) is 14.4. The molecule has 0 spiro atoms. The lowest BCUT2D eigenvalue weighted by Crippen LogP contribution is -2.37. The summed E-state index contributed by atoms with van der Waals surface area (Å²) in [4.78, 5) is 19.3. The van der Waals surface area contributed by atoms with E-state index in [4.69, 9.17) is 4.74 Å². The highest BCUT2D eigenvalue weighted by molar-refractivity contribution is 7.09. The van der Waals surface area contributed by atoms with Gasteiger partial charge in [0.15, 0.2) is 0 Å². The molecule has 0 saturated carbocycles. The molecule has 0 aliphatic carbocycles. The average molecular weight is 423 g/mol. The van der Waals surface area contributed by atoms with Gasteiger partial charge in [0.2, 0.25) is 0 Å². The van der Waals surface area contributed by atoms with Crippen LogP contribution in [-0.4, -0.2) is 42.2 Å². The Labute approximate surface area is 180 Å². The first-order valence-corrected chi connectivity index (χ1v) is 11.0. The number of nitrogens with zero attached hydrogens (tertiary/aromatic N) is 2. The van der Waals surface area contributed by atoms with Crippen molar-refractivity contribution >= 4 is 17.4 Å². The van der Waals surface area contributed by atoms with Crippen LogP contribution in [0.4, 0.5) is 4.79 Å². The van der Waals surface area contributed by atoms with Crippen LogP contribution in [0.5, 0.6) is 0 Å². The molecule has 2 N–H and O–H groups in total. The van der Waals surface area contributed by atoms with Crippen LogP contribution in [0.1, 0.15) is 16.1 Å². The summed E-state index contributed by atoms with van der Waals surface area (Å²) in [6, 6.07) is 18.1. The van der Waals surface area contributed by atoms with Crippen LogP contribution in [0, 0.1) is 0 Å². The number of morpholine rings is 1. The smallest absolute Gasteiger partial charge is 0.315 e. The molecule has 2 amide bonds. The van der Waals surface area contributed by atoms with Crippen LogP contribution < -0.4 is 10.6 Å². The Balaban J connectivity index is 1.27. The van der Waals surface area contributed by atoms with Gasteiger partial charge in [-0.3, -0.25) is 4.90 Å². The van der Waals surface area contributed by atoms with Gasteiger partial charge in [-0.15, -0.1) is 11.3 Å². The predicted molar refractivity (Wildman–Crippen MR) is 119 cm³/mol. The lowest BCUT2D eigenvalue weighted by atomic mass is 10.1. The molecule has 2 aromatic carbocycles. The quantitative estimate of drug-likeness (QED) is 0.610. The summed E-state index contributed by atoms with van der Waals surface area (Å²) in [5, 5.41) is 8.78. The lowest BCUT2D eigenvalue weighted by molar-refractivity contribution is 0.0341. The molecule has 3 aromatic rings. The fraction of sp³-hybridized carbons (Fsp3) is 0.304. The maximum Gasteiger partial charge on any atom is 0.315 e. The number of rotatable bonds is 7. The Kier molecular flexibility index (Phi) is 7.07. The van der Waals surface area contributed by atoms with Crippen LogP contribution in [0.3, 0.4) is 0 Å². The third kappa shape index (κ3) is 5.66. The molecule has 1 saturated heterocycles. The minimum Gasteiger partial charge on any atom is -0.379 e. The number of amides is 2. The molecule has 1 fully saturated rings. The fourth-order valence-electron chi connectivity index (χ4n) is 3.41. The monoisotopic (exact) mass is 422 g/mol. The van der Waals surface area contributed by atoms with Gasteiger partial charge < -0.3 is 15.4 Å². The highest BCUT2D eigenvalue weighted by Gasteiger charge is 2.13. The van der Waals surface area contributed by atoms with E-state index in [0.29, 0.717) is 13.1 Å². The Hall–Kier alpha value is -2.74. The molecule has 1 aliphatic heterocycles. The van der Waals surface area contributed by atoms with E-state index in [0.717, 1.165) is 54.7 Å². The lowest BCUT2D eigenvalue weighted by Gasteiger charge is -2.27. The van der Waals surface area contributed by atoms with Crippen molar-refractivity contribution in [3.8, 4) is 11.3 Å². The number of carbonyl (C=O) groups excluding carboxylic acids is 1. The summed E-state index contributed by atoms with van der Waals surface area (Å²) in [6.07, 6.45) is 0. The second-order valence-electron chi connectivity index (χ2n) is 7.19. The summed E-state index contributed by atoms with van der Waals surface area (Å²) in [5.41, 5.74) is 4.41. The minimum atomic E-state index is -0.187. The topological polar surface area (TPSA) is 66.5 Å². The number of carbonyl (C=O) groups is 1. The fourth-order valence-corrected chi connectivity index (χ4v) is 4.15. The molecule has 0 bridgehead atoms. The first-order chi connectivity index (χ1) is 14.8. The van der Waals surface area contributed by atoms with Crippen LogP contribution in [-0.2, 0) is 24.4 Å². The second-order valence-corrected chi connectivity index (χ2v) is 8.13. The van der Waals surface area contributed by atoms with Gasteiger partial charge in [0.25, 0.3) is 0 Å². The summed E-state index contributed by atoms with van der Waals surface area (Å²) in [7, 11) is 0. The first-order valence-electron chi connectivity index (χ1n) is 10.2. The first kappa shape index (κ1) is 20.5. The SMILES string of the molecule is O=C(NCc1nc(-c2ccccc2)cs1)NCc1ccccc1CN1CCOCC1. The van der Waals surface area contributed by atoms with E-state index in [9.17, 15) is 4.79 Å². The number of benzene rings is 2. The second kappa shape index (κ2) is 10.3. The van der Waals surface area contributed by atoms with Crippen molar-refractivity contribution in [2.75, 3.05) is 26.3 Å². The minimum absolute atomic E-state index is 0.187. The molecule has 0 unspecified atom stereocenters. The third-order valence-corrected chi connectivity index (χ3v) is 5.93. The molecular weight excluding hydrogens is 396 g/mol. The van der Waals surface area contributed by atoms with Crippen molar-refractivity contribution in [3.05, 3.63) is 76.1 Å². The highest BCUT2D eigenvalue weighted by atomic mass is 32.1. The van der Waals surface area contributed by atoms with Crippen LogP contribution >= 0.6 is 11.3 Å². The molecule has 6 nitrogen and oxygen atoms in total. The predicted octanol–water partition coefficient (Wildman–Crippen LogP) is 3.64. The van der Waals surface area contributed by atoms with Gasteiger partial charge in [-0.1, -0.05) is 54.6 Å². The van der Waals surface area contributed by atoms with Crippen LogP contribution in [0.2, 0.25) is 0 Å². The maximum atomic E-state index is 12.3. The van der Waals surface area contributed by atoms with Gasteiger partial charge >= 0.3 is 6.03 Å². The van der Waals surface area contributed by atoms with Crippen molar-refractivity contribution in [2.45, 2.75) is 19.6 Å². The van der Waals surface area contributed by atoms with E-state index >= 15 is 0 Å². The van der Waals surface area contributed by atoms with E-state index in [-0.39, 0.29) is 6.03 Å². The zero-order valence-corrected chi connectivity index (χ0v) is 17.7. The number of aromatic nitrogens is 1. The van der Waals surface area contributed by atoms with Crippen molar-refractivity contribution in [3.63, 3.8) is 0 Å². The molecular formula is C23H26N4O2S. The zero-order valence-electron chi connectivity index (χ0n) is 16.8.